The van der Waals surface area contributed by atoms with E-state index in [1.165, 1.54) is 16.9 Å². The van der Waals surface area contributed by atoms with Gasteiger partial charge in [-0.1, -0.05) is 39.8 Å². The number of esters is 1. The normalized spacial score (nSPS) is 13.9. The van der Waals surface area contributed by atoms with Gasteiger partial charge in [-0.3, -0.25) is 9.69 Å². The lowest BCUT2D eigenvalue weighted by molar-refractivity contribution is 0.0526. The minimum Gasteiger partial charge on any atom is -0.462 e. The van der Waals surface area contributed by atoms with Crippen molar-refractivity contribution in [1.82, 2.24) is 4.90 Å². The van der Waals surface area contributed by atoms with E-state index in [0.717, 1.165) is 36.5 Å². The molecular weight excluding hydrogens is 420 g/mol. The molecule has 0 saturated heterocycles. The maximum Gasteiger partial charge on any atom is 0.341 e. The van der Waals surface area contributed by atoms with Crippen LogP contribution >= 0.6 is 23.7 Å². The zero-order chi connectivity index (χ0) is 21.2. The summed E-state index contributed by atoms with van der Waals surface area (Å²) in [4.78, 5) is 29.0. The first-order chi connectivity index (χ1) is 13.7. The summed E-state index contributed by atoms with van der Waals surface area (Å²) in [6, 6.07) is 7.65. The summed E-state index contributed by atoms with van der Waals surface area (Å²) >= 11 is 1.49. The molecule has 0 aliphatic carbocycles. The molecule has 0 saturated carbocycles. The van der Waals surface area contributed by atoms with Gasteiger partial charge in [0.1, 0.15) is 5.00 Å². The monoisotopic (exact) mass is 450 g/mol. The summed E-state index contributed by atoms with van der Waals surface area (Å²) in [5.41, 5.74) is 3.34. The van der Waals surface area contributed by atoms with Gasteiger partial charge in [0.2, 0.25) is 0 Å². The van der Waals surface area contributed by atoms with Crippen molar-refractivity contribution in [2.75, 3.05) is 25.0 Å². The molecule has 1 aliphatic rings. The van der Waals surface area contributed by atoms with Gasteiger partial charge in [0.25, 0.3) is 5.91 Å². The molecule has 1 aromatic carbocycles. The summed E-state index contributed by atoms with van der Waals surface area (Å²) in [6.07, 6.45) is 0.796. The Morgan fingerprint density at radius 1 is 1.17 bits per heavy atom. The van der Waals surface area contributed by atoms with E-state index >= 15 is 0 Å². The lowest BCUT2D eigenvalue weighted by Gasteiger charge is -2.25. The maximum absolute atomic E-state index is 12.9. The van der Waals surface area contributed by atoms with E-state index in [0.29, 0.717) is 22.7 Å². The Kier molecular flexibility index (Phi) is 8.08. The number of anilines is 1. The zero-order valence-electron chi connectivity index (χ0n) is 18.3. The molecule has 1 aliphatic heterocycles. The number of fused-ring (bicyclic) bond motifs is 1. The standard InChI is InChI=1S/C23H30N2O3S.ClH/c1-6-25-13-12-17-18(14-25)29-21(19(17)22(27)28-7-2)24-20(26)15-8-10-16(11-9-15)23(3,4)5;/h8-11H,6-7,12-14H2,1-5H3,(H,24,26);1H. The quantitative estimate of drug-likeness (QED) is 0.630. The first-order valence-electron chi connectivity index (χ1n) is 10.2. The van der Waals surface area contributed by atoms with Crippen LogP contribution in [0.15, 0.2) is 24.3 Å². The van der Waals surface area contributed by atoms with Gasteiger partial charge in [-0.15, -0.1) is 23.7 Å². The van der Waals surface area contributed by atoms with E-state index in [1.54, 1.807) is 6.92 Å². The number of carbonyl (C=O) groups excluding carboxylic acids is 2. The summed E-state index contributed by atoms with van der Waals surface area (Å²) in [5.74, 6) is -0.560. The maximum atomic E-state index is 12.9. The van der Waals surface area contributed by atoms with Gasteiger partial charge in [0.15, 0.2) is 0 Å². The van der Waals surface area contributed by atoms with E-state index in [9.17, 15) is 9.59 Å². The smallest absolute Gasteiger partial charge is 0.341 e. The average Bonchev–Trinajstić information content (AvgIpc) is 3.04. The largest absolute Gasteiger partial charge is 0.462 e. The number of nitrogens with zero attached hydrogens (tertiary/aromatic N) is 1. The summed E-state index contributed by atoms with van der Waals surface area (Å²) < 4.78 is 5.29. The highest BCUT2D eigenvalue weighted by Crippen LogP contribution is 2.38. The molecule has 5 nitrogen and oxygen atoms in total. The van der Waals surface area contributed by atoms with Crippen LogP contribution in [0.3, 0.4) is 0 Å². The lowest BCUT2D eigenvalue weighted by atomic mass is 9.87. The number of halogens is 1. The minimum atomic E-state index is -0.353. The Bertz CT molecular complexity index is 900. The first-order valence-corrected chi connectivity index (χ1v) is 11.0. The SMILES string of the molecule is CCOC(=O)c1c(NC(=O)c2ccc(C(C)(C)C)cc2)sc2c1CCN(CC)C2.Cl. The molecule has 1 amide bonds. The molecule has 0 fully saturated rings. The van der Waals surface area contributed by atoms with Crippen molar-refractivity contribution >= 4 is 40.6 Å². The number of carbonyl (C=O) groups is 2. The van der Waals surface area contributed by atoms with Crippen molar-refractivity contribution in [2.24, 2.45) is 0 Å². The van der Waals surface area contributed by atoms with Gasteiger partial charge < -0.3 is 10.1 Å². The Balaban J connectivity index is 0.00000320. The number of hydrogen-bond acceptors (Lipinski definition) is 5. The van der Waals surface area contributed by atoms with Gasteiger partial charge in [0.05, 0.1) is 12.2 Å². The molecule has 7 heteroatoms. The average molecular weight is 451 g/mol. The third kappa shape index (κ3) is 5.23. The molecule has 0 unspecified atom stereocenters. The first kappa shape index (κ1) is 24.4. The van der Waals surface area contributed by atoms with Crippen LogP contribution in [0.5, 0.6) is 0 Å². The lowest BCUT2D eigenvalue weighted by Crippen LogP contribution is -2.30. The number of nitrogens with one attached hydrogen (secondary N) is 1. The second-order valence-corrected chi connectivity index (χ2v) is 9.43. The zero-order valence-corrected chi connectivity index (χ0v) is 20.0. The molecular formula is C23H31ClN2O3S. The van der Waals surface area contributed by atoms with Crippen LogP contribution in [0.4, 0.5) is 5.00 Å². The molecule has 2 heterocycles. The third-order valence-electron chi connectivity index (χ3n) is 5.30. The molecule has 0 bridgehead atoms. The topological polar surface area (TPSA) is 58.6 Å². The second kappa shape index (κ2) is 9.94. The Hall–Kier alpha value is -1.89. The van der Waals surface area contributed by atoms with E-state index in [-0.39, 0.29) is 29.7 Å². The fourth-order valence-corrected chi connectivity index (χ4v) is 4.80. The Morgan fingerprint density at radius 3 is 2.40 bits per heavy atom. The molecule has 1 aromatic heterocycles. The third-order valence-corrected chi connectivity index (χ3v) is 6.44. The van der Waals surface area contributed by atoms with E-state index in [4.69, 9.17) is 4.74 Å². The highest BCUT2D eigenvalue weighted by atomic mass is 35.5. The molecule has 30 heavy (non-hydrogen) atoms. The van der Waals surface area contributed by atoms with E-state index in [1.807, 2.05) is 24.3 Å². The van der Waals surface area contributed by atoms with Crippen LogP contribution in [-0.4, -0.2) is 36.5 Å². The molecule has 0 radical (unpaired) electrons. The van der Waals surface area contributed by atoms with Gasteiger partial charge in [-0.25, -0.2) is 4.79 Å². The van der Waals surface area contributed by atoms with Crippen molar-refractivity contribution in [3.8, 4) is 0 Å². The van der Waals surface area contributed by atoms with Gasteiger partial charge in [-0.05, 0) is 48.6 Å². The van der Waals surface area contributed by atoms with Crippen molar-refractivity contribution in [3.63, 3.8) is 0 Å². The molecule has 2 aromatic rings. The van der Waals surface area contributed by atoms with Crippen molar-refractivity contribution in [3.05, 3.63) is 51.4 Å². The number of amides is 1. The van der Waals surface area contributed by atoms with Crippen LogP contribution < -0.4 is 5.32 Å². The van der Waals surface area contributed by atoms with Crippen LogP contribution in [-0.2, 0) is 23.1 Å². The molecule has 1 N–H and O–H groups in total. The molecule has 3 rings (SSSR count). The van der Waals surface area contributed by atoms with Crippen LogP contribution in [0.25, 0.3) is 0 Å². The number of ether oxygens (including phenoxy) is 1. The predicted molar refractivity (Wildman–Crippen MR) is 125 cm³/mol. The van der Waals surface area contributed by atoms with Gasteiger partial charge in [0, 0.05) is 23.5 Å². The van der Waals surface area contributed by atoms with Gasteiger partial charge >= 0.3 is 5.97 Å². The fourth-order valence-electron chi connectivity index (χ4n) is 3.53. The molecule has 0 spiro atoms. The van der Waals surface area contributed by atoms with Crippen molar-refractivity contribution < 1.29 is 14.3 Å². The number of thiophene rings is 1. The second-order valence-electron chi connectivity index (χ2n) is 8.33. The summed E-state index contributed by atoms with van der Waals surface area (Å²) in [5, 5.41) is 3.57. The highest BCUT2D eigenvalue weighted by Gasteiger charge is 2.29. The summed E-state index contributed by atoms with van der Waals surface area (Å²) in [6.45, 7) is 13.4. The van der Waals surface area contributed by atoms with E-state index < -0.39 is 0 Å². The molecule has 164 valence electrons. The van der Waals surface area contributed by atoms with Crippen LogP contribution in [0, 0.1) is 0 Å². The Morgan fingerprint density at radius 2 is 1.83 bits per heavy atom. The van der Waals surface area contributed by atoms with Crippen LogP contribution in [0.2, 0.25) is 0 Å². The van der Waals surface area contributed by atoms with Crippen LogP contribution in [0.1, 0.15) is 71.3 Å². The van der Waals surface area contributed by atoms with E-state index in [2.05, 4.69) is 37.9 Å². The fraction of sp³-hybridized carbons (Fsp3) is 0.478. The summed E-state index contributed by atoms with van der Waals surface area (Å²) in [7, 11) is 0. The van der Waals surface area contributed by atoms with Crippen molar-refractivity contribution in [1.29, 1.82) is 0 Å². The number of likely N-dealkylation sites (N-methyl/N-ethyl adjacent to an activating group) is 1. The predicted octanol–water partition coefficient (Wildman–Crippen LogP) is 5.27. The Labute approximate surface area is 189 Å². The molecule has 0 atom stereocenters. The highest BCUT2D eigenvalue weighted by molar-refractivity contribution is 7.17. The number of rotatable bonds is 5. The number of hydrogen-bond donors (Lipinski definition) is 1. The van der Waals surface area contributed by atoms with Crippen molar-refractivity contribution in [2.45, 2.75) is 53.0 Å². The minimum absolute atomic E-state index is 0. The number of benzene rings is 1. The van der Waals surface area contributed by atoms with Gasteiger partial charge in [-0.2, -0.15) is 0 Å².